The van der Waals surface area contributed by atoms with Gasteiger partial charge in [0.2, 0.25) is 0 Å². The van der Waals surface area contributed by atoms with Gasteiger partial charge in [0.1, 0.15) is 0 Å². The van der Waals surface area contributed by atoms with Crippen LogP contribution in [-0.4, -0.2) is 19.5 Å². The number of aromatic nitrogens is 4. The van der Waals surface area contributed by atoms with Crippen molar-refractivity contribution in [1.82, 2.24) is 19.5 Å². The third-order valence-corrected chi connectivity index (χ3v) is 11.9. The lowest BCUT2D eigenvalue weighted by Crippen LogP contribution is -2.00. The Bertz CT molecular complexity index is 3380. The van der Waals surface area contributed by atoms with E-state index >= 15 is 0 Å². The van der Waals surface area contributed by atoms with Gasteiger partial charge >= 0.3 is 0 Å². The zero-order valence-electron chi connectivity index (χ0n) is 31.7. The second-order valence-corrected chi connectivity index (χ2v) is 14.6. The van der Waals surface area contributed by atoms with Gasteiger partial charge < -0.3 is 4.57 Å². The molecule has 6 heteroatoms. The molecule has 0 spiro atoms. The van der Waals surface area contributed by atoms with Gasteiger partial charge in [0, 0.05) is 73.5 Å². The second kappa shape index (κ2) is 11.2. The van der Waals surface area contributed by atoms with Crippen LogP contribution >= 0.6 is 22.7 Å². The molecule has 0 bridgehead atoms. The van der Waals surface area contributed by atoms with E-state index in [1.807, 2.05) is 36.4 Å². The van der Waals surface area contributed by atoms with Crippen molar-refractivity contribution < 1.29 is 6.85 Å². The van der Waals surface area contributed by atoms with E-state index in [1.54, 1.807) is 22.7 Å². The predicted molar refractivity (Wildman–Crippen MR) is 216 cm³/mol. The van der Waals surface area contributed by atoms with Crippen molar-refractivity contribution in [2.45, 2.75) is 0 Å². The number of hydrogen-bond acceptors (Lipinski definition) is 5. The first-order valence-corrected chi connectivity index (χ1v) is 18.2. The highest BCUT2D eigenvalue weighted by atomic mass is 32.1. The highest BCUT2D eigenvalue weighted by Crippen LogP contribution is 2.43. The minimum Gasteiger partial charge on any atom is -0.309 e. The van der Waals surface area contributed by atoms with Gasteiger partial charge in [0.15, 0.2) is 17.5 Å². The van der Waals surface area contributed by atoms with E-state index in [4.69, 9.17) is 21.8 Å². The van der Waals surface area contributed by atoms with Crippen LogP contribution in [0.5, 0.6) is 0 Å². The van der Waals surface area contributed by atoms with Crippen LogP contribution in [-0.2, 0) is 0 Å². The van der Waals surface area contributed by atoms with Crippen molar-refractivity contribution in [3.8, 4) is 39.9 Å². The van der Waals surface area contributed by atoms with Crippen LogP contribution in [0.1, 0.15) is 6.85 Å². The molecule has 7 aromatic carbocycles. The molecular formula is C45H26N4S2. The van der Waals surface area contributed by atoms with E-state index in [2.05, 4.69) is 95.6 Å². The van der Waals surface area contributed by atoms with Crippen LogP contribution in [0.3, 0.4) is 0 Å². The van der Waals surface area contributed by atoms with Crippen molar-refractivity contribution in [3.63, 3.8) is 0 Å². The summed E-state index contributed by atoms with van der Waals surface area (Å²) in [5, 5.41) is 6.62. The van der Waals surface area contributed by atoms with E-state index in [9.17, 15) is 0 Å². The lowest BCUT2D eigenvalue weighted by molar-refractivity contribution is 1.08. The molecular weight excluding hydrogens is 661 g/mol. The molecule has 4 nitrogen and oxygen atoms in total. The van der Waals surface area contributed by atoms with E-state index in [0.717, 1.165) is 68.2 Å². The third-order valence-electron chi connectivity index (χ3n) is 9.56. The standard InChI is InChI=1S/C45H26N4S2/c1-2-12-27(13-3-1)43-46-44(34-18-11-23-39-41(34)33-16-6-9-22-38(33)50-39)48-45(47-43)35-19-10-17-32-31-25-24-28(26-40(31)51-42(32)35)49-36-20-7-4-14-29(36)30-15-5-8-21-37(30)49/h1-26H/i1D,2D,3D,12D,13D. The van der Waals surface area contributed by atoms with Gasteiger partial charge in [-0.15, -0.1) is 22.7 Å². The average Bonchev–Trinajstić information content (AvgIpc) is 3.91. The molecule has 51 heavy (non-hydrogen) atoms. The van der Waals surface area contributed by atoms with Crippen molar-refractivity contribution >= 4 is 84.8 Å². The first-order chi connectivity index (χ1) is 27.4. The van der Waals surface area contributed by atoms with Gasteiger partial charge in [0.05, 0.1) is 17.9 Å². The Labute approximate surface area is 307 Å². The summed E-state index contributed by atoms with van der Waals surface area (Å²) in [7, 11) is 0. The molecule has 0 saturated heterocycles. The summed E-state index contributed by atoms with van der Waals surface area (Å²) in [4.78, 5) is 15.0. The smallest absolute Gasteiger partial charge is 0.165 e. The fraction of sp³-hybridized carbons (Fsp3) is 0. The topological polar surface area (TPSA) is 43.6 Å². The quantitative estimate of drug-likeness (QED) is 0.184. The summed E-state index contributed by atoms with van der Waals surface area (Å²) < 4.78 is 49.4. The van der Waals surface area contributed by atoms with E-state index in [-0.39, 0.29) is 23.5 Å². The minimum absolute atomic E-state index is 0.0188. The van der Waals surface area contributed by atoms with Crippen LogP contribution in [0.15, 0.2) is 158 Å². The van der Waals surface area contributed by atoms with Crippen molar-refractivity contribution in [2.75, 3.05) is 0 Å². The Hall–Kier alpha value is -6.21. The summed E-state index contributed by atoms with van der Waals surface area (Å²) in [6.45, 7) is 0. The van der Waals surface area contributed by atoms with Crippen LogP contribution in [0.25, 0.3) is 102 Å². The monoisotopic (exact) mass is 691 g/mol. The molecule has 0 saturated carbocycles. The number of hydrogen-bond donors (Lipinski definition) is 0. The fourth-order valence-electron chi connectivity index (χ4n) is 7.35. The van der Waals surface area contributed by atoms with Crippen LogP contribution in [0, 0.1) is 0 Å². The molecule has 0 amide bonds. The Kier molecular flexibility index (Phi) is 5.25. The molecule has 0 aliphatic heterocycles. The number of rotatable bonds is 4. The molecule has 11 aromatic rings. The van der Waals surface area contributed by atoms with Crippen LogP contribution in [0.4, 0.5) is 0 Å². The predicted octanol–water partition coefficient (Wildman–Crippen LogP) is 12.7. The maximum absolute atomic E-state index is 8.85. The normalized spacial score (nSPS) is 13.3. The Morgan fingerprint density at radius 3 is 1.90 bits per heavy atom. The molecule has 4 aromatic heterocycles. The zero-order chi connectivity index (χ0) is 37.8. The molecule has 4 heterocycles. The highest BCUT2D eigenvalue weighted by molar-refractivity contribution is 7.26. The maximum atomic E-state index is 8.85. The van der Waals surface area contributed by atoms with Gasteiger partial charge in [0.25, 0.3) is 0 Å². The molecule has 0 fully saturated rings. The SMILES string of the molecule is [2H]c1c([2H])c([2H])c(-c2nc(-c3cccc4c3sc3cc(-n5c6ccccc6c6ccccc65)ccc34)nc(-c3cccc4sc5ccccc5c34)n2)c([2H])c1[2H]. The average molecular weight is 692 g/mol. The van der Waals surface area contributed by atoms with Crippen molar-refractivity contribution in [2.24, 2.45) is 0 Å². The third kappa shape index (κ3) is 4.40. The number of benzene rings is 7. The van der Waals surface area contributed by atoms with Crippen LogP contribution < -0.4 is 0 Å². The van der Waals surface area contributed by atoms with Gasteiger partial charge in [-0.05, 0) is 42.5 Å². The number of para-hydroxylation sites is 2. The number of thiophene rings is 2. The molecule has 238 valence electrons. The molecule has 0 aliphatic carbocycles. The second-order valence-electron chi connectivity index (χ2n) is 12.4. The molecule has 0 N–H and O–H groups in total. The highest BCUT2D eigenvalue weighted by Gasteiger charge is 2.20. The molecule has 0 aliphatic rings. The maximum Gasteiger partial charge on any atom is 0.165 e. The first kappa shape index (κ1) is 24.0. The summed E-state index contributed by atoms with van der Waals surface area (Å²) in [5.74, 6) is 0.733. The van der Waals surface area contributed by atoms with E-state index in [1.165, 1.54) is 10.8 Å². The fourth-order valence-corrected chi connectivity index (χ4v) is 9.73. The van der Waals surface area contributed by atoms with Gasteiger partial charge in [-0.25, -0.2) is 15.0 Å². The molecule has 11 rings (SSSR count). The Balaban J connectivity index is 1.17. The van der Waals surface area contributed by atoms with Crippen molar-refractivity contribution in [3.05, 3.63) is 158 Å². The zero-order valence-corrected chi connectivity index (χ0v) is 28.4. The Morgan fingerprint density at radius 2 is 1.10 bits per heavy atom. The van der Waals surface area contributed by atoms with E-state index < -0.39 is 18.1 Å². The summed E-state index contributed by atoms with van der Waals surface area (Å²) in [6, 6.07) is 41.8. The first-order valence-electron chi connectivity index (χ1n) is 19.0. The van der Waals surface area contributed by atoms with Crippen molar-refractivity contribution in [1.29, 1.82) is 0 Å². The number of nitrogens with zero attached hydrogens (tertiary/aromatic N) is 4. The molecule has 0 atom stereocenters. The molecule has 0 radical (unpaired) electrons. The van der Waals surface area contributed by atoms with Gasteiger partial charge in [-0.2, -0.15) is 0 Å². The van der Waals surface area contributed by atoms with Gasteiger partial charge in [-0.1, -0.05) is 115 Å². The summed E-state index contributed by atoms with van der Waals surface area (Å²) in [5.41, 5.74) is 4.81. The summed E-state index contributed by atoms with van der Waals surface area (Å²) >= 11 is 3.34. The largest absolute Gasteiger partial charge is 0.309 e. The summed E-state index contributed by atoms with van der Waals surface area (Å²) in [6.07, 6.45) is 0. The number of fused-ring (bicyclic) bond motifs is 9. The van der Waals surface area contributed by atoms with Gasteiger partial charge in [-0.3, -0.25) is 0 Å². The lowest BCUT2D eigenvalue weighted by Gasteiger charge is -2.10. The minimum atomic E-state index is -0.469. The Morgan fingerprint density at radius 1 is 0.471 bits per heavy atom. The molecule has 0 unspecified atom stereocenters. The van der Waals surface area contributed by atoms with E-state index in [0.29, 0.717) is 11.6 Å². The van der Waals surface area contributed by atoms with Crippen LogP contribution in [0.2, 0.25) is 0 Å². The lowest BCUT2D eigenvalue weighted by atomic mass is 10.1.